The lowest BCUT2D eigenvalue weighted by Gasteiger charge is -2.15. The Kier molecular flexibility index (Phi) is 6.72. The first-order chi connectivity index (χ1) is 12.5. The van der Waals surface area contributed by atoms with Crippen LogP contribution in [0.2, 0.25) is 15.1 Å². The van der Waals surface area contributed by atoms with Crippen molar-refractivity contribution in [2.24, 2.45) is 5.14 Å². The molecule has 0 saturated heterocycles. The minimum atomic E-state index is -4.13. The molecule has 0 saturated carbocycles. The summed E-state index contributed by atoms with van der Waals surface area (Å²) in [5, 5.41) is 7.76. The second kappa shape index (κ2) is 8.45. The molecule has 7 nitrogen and oxygen atoms in total. The Morgan fingerprint density at radius 2 is 1.78 bits per heavy atom. The van der Waals surface area contributed by atoms with E-state index in [2.05, 4.69) is 5.32 Å². The molecule has 0 radical (unpaired) electrons. The minimum absolute atomic E-state index is 0.135. The van der Waals surface area contributed by atoms with Crippen LogP contribution in [-0.2, 0) is 19.6 Å². The molecular formula is C16H13Cl3N2O5S. The van der Waals surface area contributed by atoms with E-state index in [4.69, 9.17) is 44.7 Å². The van der Waals surface area contributed by atoms with Crippen LogP contribution in [0.1, 0.15) is 17.3 Å². The zero-order valence-electron chi connectivity index (χ0n) is 13.7. The van der Waals surface area contributed by atoms with Crippen LogP contribution < -0.4 is 10.5 Å². The molecule has 0 aliphatic heterocycles. The van der Waals surface area contributed by atoms with Crippen LogP contribution in [-0.4, -0.2) is 26.4 Å². The van der Waals surface area contributed by atoms with E-state index in [0.717, 1.165) is 6.07 Å². The third kappa shape index (κ3) is 5.33. The third-order valence-electron chi connectivity index (χ3n) is 3.34. The lowest BCUT2D eigenvalue weighted by Crippen LogP contribution is -2.30. The lowest BCUT2D eigenvalue weighted by molar-refractivity contribution is -0.123. The zero-order valence-corrected chi connectivity index (χ0v) is 16.8. The van der Waals surface area contributed by atoms with E-state index in [1.807, 2.05) is 0 Å². The fourth-order valence-corrected chi connectivity index (χ4v) is 3.38. The largest absolute Gasteiger partial charge is 0.449 e. The van der Waals surface area contributed by atoms with Crippen molar-refractivity contribution in [2.75, 3.05) is 5.32 Å². The van der Waals surface area contributed by atoms with Crippen molar-refractivity contribution in [1.82, 2.24) is 0 Å². The van der Waals surface area contributed by atoms with Gasteiger partial charge in [0, 0.05) is 0 Å². The first-order valence-electron chi connectivity index (χ1n) is 7.29. The van der Waals surface area contributed by atoms with E-state index in [-0.39, 0.29) is 26.3 Å². The van der Waals surface area contributed by atoms with Crippen LogP contribution in [0.5, 0.6) is 0 Å². The number of hydrogen-bond donors (Lipinski definition) is 2. The van der Waals surface area contributed by atoms with Gasteiger partial charge >= 0.3 is 5.97 Å². The van der Waals surface area contributed by atoms with Crippen LogP contribution in [0.3, 0.4) is 0 Å². The second-order valence-corrected chi connectivity index (χ2v) is 8.05. The number of benzene rings is 2. The number of anilines is 1. The summed E-state index contributed by atoms with van der Waals surface area (Å²) in [7, 11) is -4.13. The Labute approximate surface area is 170 Å². The molecule has 1 atom stereocenters. The highest BCUT2D eigenvalue weighted by Gasteiger charge is 2.22. The fourth-order valence-electron chi connectivity index (χ4n) is 1.97. The molecule has 0 aliphatic carbocycles. The SMILES string of the molecule is CC(OC(=O)c1ccc(Cl)c(S(N)(=O)=O)c1)C(=O)Nc1cccc(Cl)c1Cl. The zero-order chi connectivity index (χ0) is 20.4. The molecule has 1 unspecified atom stereocenters. The van der Waals surface area contributed by atoms with Crippen molar-refractivity contribution in [3.8, 4) is 0 Å². The first-order valence-corrected chi connectivity index (χ1v) is 9.97. The third-order valence-corrected chi connectivity index (χ3v) is 5.55. The number of amides is 1. The highest BCUT2D eigenvalue weighted by atomic mass is 35.5. The van der Waals surface area contributed by atoms with Gasteiger partial charge in [-0.05, 0) is 37.3 Å². The predicted octanol–water partition coefficient (Wildman–Crippen LogP) is 3.48. The number of halogens is 3. The van der Waals surface area contributed by atoms with Gasteiger partial charge in [-0.3, -0.25) is 4.79 Å². The number of sulfonamides is 1. The summed E-state index contributed by atoms with van der Waals surface area (Å²) in [5.41, 5.74) is 0.115. The fraction of sp³-hybridized carbons (Fsp3) is 0.125. The smallest absolute Gasteiger partial charge is 0.338 e. The maximum atomic E-state index is 12.2. The van der Waals surface area contributed by atoms with E-state index in [1.165, 1.54) is 25.1 Å². The number of nitrogens with one attached hydrogen (secondary N) is 1. The van der Waals surface area contributed by atoms with E-state index < -0.39 is 32.9 Å². The number of esters is 1. The molecule has 1 amide bonds. The molecule has 0 bridgehead atoms. The van der Waals surface area contributed by atoms with Crippen molar-refractivity contribution in [1.29, 1.82) is 0 Å². The monoisotopic (exact) mass is 450 g/mol. The van der Waals surface area contributed by atoms with E-state index in [0.29, 0.717) is 0 Å². The topological polar surface area (TPSA) is 116 Å². The van der Waals surface area contributed by atoms with Crippen LogP contribution in [0, 0.1) is 0 Å². The van der Waals surface area contributed by atoms with Crippen LogP contribution >= 0.6 is 34.8 Å². The Bertz CT molecular complexity index is 1010. The molecule has 11 heteroatoms. The van der Waals surface area contributed by atoms with Gasteiger partial charge in [0.25, 0.3) is 5.91 Å². The average Bonchev–Trinajstić information content (AvgIpc) is 2.58. The number of nitrogens with two attached hydrogens (primary N) is 1. The average molecular weight is 452 g/mol. The number of primary sulfonamides is 1. The van der Waals surface area contributed by atoms with Gasteiger partial charge in [0.05, 0.1) is 26.3 Å². The molecule has 0 heterocycles. The van der Waals surface area contributed by atoms with Crippen molar-refractivity contribution in [3.05, 3.63) is 57.0 Å². The predicted molar refractivity (Wildman–Crippen MR) is 103 cm³/mol. The molecule has 2 aromatic carbocycles. The van der Waals surface area contributed by atoms with E-state index >= 15 is 0 Å². The molecule has 0 spiro atoms. The summed E-state index contributed by atoms with van der Waals surface area (Å²) < 4.78 is 28.0. The van der Waals surface area contributed by atoms with Gasteiger partial charge < -0.3 is 10.1 Å². The van der Waals surface area contributed by atoms with Gasteiger partial charge in [0.1, 0.15) is 4.90 Å². The first kappa shape index (κ1) is 21.5. The lowest BCUT2D eigenvalue weighted by atomic mass is 10.2. The normalized spacial score (nSPS) is 12.3. The molecule has 0 aromatic heterocycles. The van der Waals surface area contributed by atoms with Crippen molar-refractivity contribution >= 4 is 62.4 Å². The summed E-state index contributed by atoms with van der Waals surface area (Å²) >= 11 is 17.6. The summed E-state index contributed by atoms with van der Waals surface area (Å²) in [6.45, 7) is 1.34. The highest BCUT2D eigenvalue weighted by Crippen LogP contribution is 2.29. The van der Waals surface area contributed by atoms with Crippen LogP contribution in [0.25, 0.3) is 0 Å². The molecule has 3 N–H and O–H groups in total. The molecule has 0 aliphatic rings. The van der Waals surface area contributed by atoms with E-state index in [9.17, 15) is 18.0 Å². The van der Waals surface area contributed by atoms with Gasteiger partial charge in [-0.15, -0.1) is 0 Å². The van der Waals surface area contributed by atoms with Crippen molar-refractivity contribution in [2.45, 2.75) is 17.9 Å². The summed E-state index contributed by atoms with van der Waals surface area (Å²) in [6, 6.07) is 8.07. The Morgan fingerprint density at radius 1 is 1.11 bits per heavy atom. The maximum absolute atomic E-state index is 12.2. The summed E-state index contributed by atoms with van der Waals surface area (Å²) in [5.74, 6) is -1.59. The van der Waals surface area contributed by atoms with Crippen LogP contribution in [0.4, 0.5) is 5.69 Å². The molecule has 27 heavy (non-hydrogen) atoms. The van der Waals surface area contributed by atoms with Crippen LogP contribution in [0.15, 0.2) is 41.3 Å². The van der Waals surface area contributed by atoms with Gasteiger partial charge in [-0.2, -0.15) is 0 Å². The van der Waals surface area contributed by atoms with Crippen molar-refractivity contribution < 1.29 is 22.7 Å². The molecule has 2 aromatic rings. The van der Waals surface area contributed by atoms with E-state index in [1.54, 1.807) is 12.1 Å². The Balaban J connectivity index is 2.13. The summed E-state index contributed by atoms with van der Waals surface area (Å²) in [6.07, 6.45) is -1.21. The Hall–Kier alpha value is -1.84. The second-order valence-electron chi connectivity index (χ2n) is 5.33. The molecular weight excluding hydrogens is 439 g/mol. The number of carbonyl (C=O) groups is 2. The number of rotatable bonds is 5. The number of hydrogen-bond acceptors (Lipinski definition) is 5. The quantitative estimate of drug-likeness (QED) is 0.675. The standard InChI is InChI=1S/C16H13Cl3N2O5S/c1-8(15(22)21-12-4-2-3-11(18)14(12)19)26-16(23)9-5-6-10(17)13(7-9)27(20,24)25/h2-8H,1H3,(H,21,22)(H2,20,24,25). The van der Waals surface area contributed by atoms with Gasteiger partial charge in [0.15, 0.2) is 6.10 Å². The number of ether oxygens (including phenoxy) is 1. The molecule has 2 rings (SSSR count). The van der Waals surface area contributed by atoms with Gasteiger partial charge in [0.2, 0.25) is 10.0 Å². The maximum Gasteiger partial charge on any atom is 0.338 e. The van der Waals surface area contributed by atoms with Crippen molar-refractivity contribution in [3.63, 3.8) is 0 Å². The molecule has 144 valence electrons. The highest BCUT2D eigenvalue weighted by molar-refractivity contribution is 7.89. The Morgan fingerprint density at radius 3 is 2.41 bits per heavy atom. The summed E-state index contributed by atoms with van der Waals surface area (Å²) in [4.78, 5) is 24.0. The van der Waals surface area contributed by atoms with Gasteiger partial charge in [-0.1, -0.05) is 40.9 Å². The van der Waals surface area contributed by atoms with Gasteiger partial charge in [-0.25, -0.2) is 18.4 Å². The number of carbonyl (C=O) groups excluding carboxylic acids is 2. The molecule has 0 fully saturated rings. The minimum Gasteiger partial charge on any atom is -0.449 e.